The molecule has 1 aromatic carbocycles. The summed E-state index contributed by atoms with van der Waals surface area (Å²) in [6.45, 7) is 0.413. The van der Waals surface area contributed by atoms with Gasteiger partial charge in [0.05, 0.1) is 0 Å². The molecule has 0 unspecified atom stereocenters. The van der Waals surface area contributed by atoms with Crippen molar-refractivity contribution in [3.8, 4) is 0 Å². The van der Waals surface area contributed by atoms with E-state index in [0.29, 0.717) is 11.6 Å². The Morgan fingerprint density at radius 3 is 2.84 bits per heavy atom. The van der Waals surface area contributed by atoms with E-state index < -0.39 is 0 Å². The van der Waals surface area contributed by atoms with Crippen molar-refractivity contribution in [2.45, 2.75) is 6.54 Å². The van der Waals surface area contributed by atoms with Crippen molar-refractivity contribution in [1.82, 2.24) is 10.3 Å². The summed E-state index contributed by atoms with van der Waals surface area (Å²) in [5.41, 5.74) is 1.78. The number of amides is 1. The molecule has 1 N–H and O–H groups in total. The maximum absolute atomic E-state index is 11.6. The Bertz CT molecular complexity index is 582. The van der Waals surface area contributed by atoms with Gasteiger partial charge in [0.2, 0.25) is 5.91 Å². The Labute approximate surface area is 116 Å². The van der Waals surface area contributed by atoms with Crippen LogP contribution in [0.1, 0.15) is 11.1 Å². The van der Waals surface area contributed by atoms with Crippen LogP contribution in [0.25, 0.3) is 6.08 Å². The maximum atomic E-state index is 11.6. The highest BCUT2D eigenvalue weighted by molar-refractivity contribution is 6.31. The van der Waals surface area contributed by atoms with Crippen molar-refractivity contribution in [2.24, 2.45) is 0 Å². The van der Waals surface area contributed by atoms with Crippen LogP contribution in [0.3, 0.4) is 0 Å². The third-order valence-electron chi connectivity index (χ3n) is 2.52. The monoisotopic (exact) mass is 272 g/mol. The van der Waals surface area contributed by atoms with Crippen LogP contribution >= 0.6 is 11.6 Å². The van der Waals surface area contributed by atoms with E-state index in [9.17, 15) is 4.79 Å². The fourth-order valence-electron chi connectivity index (χ4n) is 1.53. The summed E-state index contributed by atoms with van der Waals surface area (Å²) in [4.78, 5) is 15.6. The lowest BCUT2D eigenvalue weighted by Crippen LogP contribution is -2.20. The second-order valence-corrected chi connectivity index (χ2v) is 4.34. The van der Waals surface area contributed by atoms with E-state index >= 15 is 0 Å². The van der Waals surface area contributed by atoms with Gasteiger partial charge in [0.15, 0.2) is 0 Å². The van der Waals surface area contributed by atoms with Gasteiger partial charge in [-0.25, -0.2) is 0 Å². The lowest BCUT2D eigenvalue weighted by atomic mass is 10.2. The number of carbonyl (C=O) groups is 1. The third kappa shape index (κ3) is 4.23. The molecular formula is C15H13ClN2O. The van der Waals surface area contributed by atoms with Gasteiger partial charge in [0, 0.05) is 30.0 Å². The first-order valence-electron chi connectivity index (χ1n) is 5.85. The van der Waals surface area contributed by atoms with Gasteiger partial charge in [-0.2, -0.15) is 0 Å². The Balaban J connectivity index is 1.89. The maximum Gasteiger partial charge on any atom is 0.244 e. The average molecular weight is 273 g/mol. The summed E-state index contributed by atoms with van der Waals surface area (Å²) in [7, 11) is 0. The van der Waals surface area contributed by atoms with Gasteiger partial charge in [-0.1, -0.05) is 35.9 Å². The minimum Gasteiger partial charge on any atom is -0.348 e. The number of benzene rings is 1. The molecule has 0 radical (unpaired) electrons. The van der Waals surface area contributed by atoms with Crippen LogP contribution < -0.4 is 5.32 Å². The van der Waals surface area contributed by atoms with Crippen LogP contribution in [0.2, 0.25) is 5.02 Å². The summed E-state index contributed by atoms with van der Waals surface area (Å²) < 4.78 is 0. The lowest BCUT2D eigenvalue weighted by Gasteiger charge is -2.04. The van der Waals surface area contributed by atoms with Crippen molar-refractivity contribution in [1.29, 1.82) is 0 Å². The summed E-state index contributed by atoms with van der Waals surface area (Å²) in [6.07, 6.45) is 6.58. The van der Waals surface area contributed by atoms with Crippen molar-refractivity contribution < 1.29 is 4.79 Å². The van der Waals surface area contributed by atoms with E-state index in [1.165, 1.54) is 6.08 Å². The zero-order valence-corrected chi connectivity index (χ0v) is 11.0. The van der Waals surface area contributed by atoms with Crippen LogP contribution in [0, 0.1) is 0 Å². The predicted octanol–water partition coefficient (Wildman–Crippen LogP) is 3.06. The van der Waals surface area contributed by atoms with Crippen LogP contribution in [-0.2, 0) is 11.3 Å². The molecule has 2 rings (SSSR count). The smallest absolute Gasteiger partial charge is 0.244 e. The number of hydrogen-bond acceptors (Lipinski definition) is 2. The van der Waals surface area contributed by atoms with Gasteiger partial charge in [-0.15, -0.1) is 0 Å². The summed E-state index contributed by atoms with van der Waals surface area (Å²) in [5, 5.41) is 3.43. The first kappa shape index (κ1) is 13.3. The zero-order chi connectivity index (χ0) is 13.5. The van der Waals surface area contributed by atoms with E-state index in [2.05, 4.69) is 10.3 Å². The second-order valence-electron chi connectivity index (χ2n) is 3.93. The van der Waals surface area contributed by atoms with Crippen LogP contribution in [0.5, 0.6) is 0 Å². The number of halogens is 1. The van der Waals surface area contributed by atoms with Crippen molar-refractivity contribution >= 4 is 23.6 Å². The lowest BCUT2D eigenvalue weighted by molar-refractivity contribution is -0.116. The van der Waals surface area contributed by atoms with Crippen LogP contribution in [0.15, 0.2) is 54.9 Å². The highest BCUT2D eigenvalue weighted by Gasteiger charge is 2.00. The number of nitrogens with zero attached hydrogens (tertiary/aromatic N) is 1. The molecule has 0 saturated heterocycles. The number of pyridine rings is 1. The van der Waals surface area contributed by atoms with Gasteiger partial charge in [0.25, 0.3) is 0 Å². The van der Waals surface area contributed by atoms with Crippen molar-refractivity contribution in [2.75, 3.05) is 0 Å². The van der Waals surface area contributed by atoms with Crippen molar-refractivity contribution in [3.05, 3.63) is 71.0 Å². The van der Waals surface area contributed by atoms with E-state index in [1.807, 2.05) is 30.3 Å². The number of aromatic nitrogens is 1. The molecule has 4 heteroatoms. The molecule has 1 heterocycles. The van der Waals surface area contributed by atoms with Crippen LogP contribution in [-0.4, -0.2) is 10.9 Å². The minimum atomic E-state index is -0.163. The SMILES string of the molecule is O=C(/C=C\c1cccnc1)NCc1ccccc1Cl. The molecule has 0 aliphatic rings. The van der Waals surface area contributed by atoms with Gasteiger partial charge < -0.3 is 5.32 Å². The number of rotatable bonds is 4. The Morgan fingerprint density at radius 2 is 2.11 bits per heavy atom. The van der Waals surface area contributed by atoms with Gasteiger partial charge >= 0.3 is 0 Å². The van der Waals surface area contributed by atoms with E-state index in [1.54, 1.807) is 24.5 Å². The van der Waals surface area contributed by atoms with Crippen molar-refractivity contribution in [3.63, 3.8) is 0 Å². The van der Waals surface area contributed by atoms with Crippen LogP contribution in [0.4, 0.5) is 0 Å². The van der Waals surface area contributed by atoms with E-state index in [0.717, 1.165) is 11.1 Å². The van der Waals surface area contributed by atoms with E-state index in [4.69, 9.17) is 11.6 Å². The fraction of sp³-hybridized carbons (Fsp3) is 0.0667. The zero-order valence-electron chi connectivity index (χ0n) is 10.2. The average Bonchev–Trinajstić information content (AvgIpc) is 2.45. The molecule has 1 amide bonds. The Hall–Kier alpha value is -2.13. The normalized spacial score (nSPS) is 10.6. The molecular weight excluding hydrogens is 260 g/mol. The molecule has 0 fully saturated rings. The topological polar surface area (TPSA) is 42.0 Å². The fourth-order valence-corrected chi connectivity index (χ4v) is 1.73. The molecule has 1 aromatic heterocycles. The van der Waals surface area contributed by atoms with Gasteiger partial charge in [0.1, 0.15) is 0 Å². The molecule has 0 saturated carbocycles. The predicted molar refractivity (Wildman–Crippen MR) is 76.6 cm³/mol. The Morgan fingerprint density at radius 1 is 1.26 bits per heavy atom. The molecule has 0 bridgehead atoms. The molecule has 3 nitrogen and oxygen atoms in total. The number of carbonyl (C=O) groups excluding carboxylic acids is 1. The highest BCUT2D eigenvalue weighted by Crippen LogP contribution is 2.14. The minimum absolute atomic E-state index is 0.163. The molecule has 0 spiro atoms. The van der Waals surface area contributed by atoms with Gasteiger partial charge in [-0.05, 0) is 29.3 Å². The third-order valence-corrected chi connectivity index (χ3v) is 2.89. The number of nitrogens with one attached hydrogen (secondary N) is 1. The Kier molecular flexibility index (Phi) is 4.70. The molecule has 0 aliphatic heterocycles. The molecule has 96 valence electrons. The summed E-state index contributed by atoms with van der Waals surface area (Å²) in [5.74, 6) is -0.163. The standard InChI is InChI=1S/C15H13ClN2O/c16-14-6-2-1-5-13(14)11-18-15(19)8-7-12-4-3-9-17-10-12/h1-10H,11H2,(H,18,19)/b8-7-. The first-order valence-corrected chi connectivity index (χ1v) is 6.23. The number of hydrogen-bond donors (Lipinski definition) is 1. The molecule has 0 aliphatic carbocycles. The summed E-state index contributed by atoms with van der Waals surface area (Å²) >= 11 is 6.00. The quantitative estimate of drug-likeness (QED) is 0.869. The largest absolute Gasteiger partial charge is 0.348 e. The summed E-state index contributed by atoms with van der Waals surface area (Å²) in [6, 6.07) is 11.1. The first-order chi connectivity index (χ1) is 9.25. The highest BCUT2D eigenvalue weighted by atomic mass is 35.5. The van der Waals surface area contributed by atoms with Gasteiger partial charge in [-0.3, -0.25) is 9.78 Å². The second kappa shape index (κ2) is 6.71. The molecule has 2 aromatic rings. The molecule has 0 atom stereocenters. The molecule has 19 heavy (non-hydrogen) atoms. The van der Waals surface area contributed by atoms with E-state index in [-0.39, 0.29) is 5.91 Å².